The summed E-state index contributed by atoms with van der Waals surface area (Å²) in [6.07, 6.45) is 4.27. The molecule has 1 aromatic heterocycles. The lowest BCUT2D eigenvalue weighted by atomic mass is 10.1. The maximum absolute atomic E-state index is 13.4. The zero-order valence-corrected chi connectivity index (χ0v) is 19.6. The third-order valence-corrected chi connectivity index (χ3v) is 7.09. The maximum Gasteiger partial charge on any atom is 0.264 e. The van der Waals surface area contributed by atoms with Crippen molar-refractivity contribution in [3.05, 3.63) is 120 Å². The van der Waals surface area contributed by atoms with E-state index in [2.05, 4.69) is 10.3 Å². The van der Waals surface area contributed by atoms with Gasteiger partial charge in [-0.15, -0.1) is 0 Å². The fourth-order valence-electron chi connectivity index (χ4n) is 3.59. The van der Waals surface area contributed by atoms with Crippen molar-refractivity contribution in [2.24, 2.45) is 0 Å². The number of carbonyl (C=O) groups excluding carboxylic acids is 1. The normalized spacial score (nSPS) is 11.1. The van der Waals surface area contributed by atoms with Gasteiger partial charge in [-0.2, -0.15) is 0 Å². The van der Waals surface area contributed by atoms with Gasteiger partial charge < -0.3 is 5.32 Å². The summed E-state index contributed by atoms with van der Waals surface area (Å²) in [6.45, 7) is 1.53. The van der Waals surface area contributed by atoms with Crippen LogP contribution < -0.4 is 9.62 Å². The summed E-state index contributed by atoms with van der Waals surface area (Å²) in [4.78, 5) is 17.1. The van der Waals surface area contributed by atoms with Crippen LogP contribution in [0.4, 0.5) is 11.4 Å². The van der Waals surface area contributed by atoms with Gasteiger partial charge in [-0.05, 0) is 78.6 Å². The van der Waals surface area contributed by atoms with Gasteiger partial charge in [0.1, 0.15) is 6.54 Å². The van der Waals surface area contributed by atoms with Crippen molar-refractivity contribution >= 4 is 27.3 Å². The molecule has 4 rings (SSSR count). The Bertz CT molecular complexity index is 1360. The highest BCUT2D eigenvalue weighted by Gasteiger charge is 2.27. The highest BCUT2D eigenvalue weighted by atomic mass is 32.2. The Morgan fingerprint density at radius 3 is 2.21 bits per heavy atom. The Balaban J connectivity index is 1.52. The molecule has 0 aliphatic rings. The average Bonchev–Trinajstić information content (AvgIpc) is 2.85. The molecule has 0 unspecified atom stereocenters. The second kappa shape index (κ2) is 10.3. The van der Waals surface area contributed by atoms with Crippen LogP contribution in [0.5, 0.6) is 0 Å². The van der Waals surface area contributed by atoms with E-state index in [1.807, 2.05) is 49.4 Å². The summed E-state index contributed by atoms with van der Waals surface area (Å²) in [6, 6.07) is 26.7. The van der Waals surface area contributed by atoms with Crippen LogP contribution in [-0.4, -0.2) is 25.9 Å². The standard InChI is InChI=1S/C27H25N3O3S/c1-21-6-5-7-25(18-21)30(34(32,33)26-8-3-2-4-9-26)20-27(31)29-24-12-10-22(11-13-24)19-23-14-16-28-17-15-23/h2-18H,19-20H2,1H3,(H,29,31). The number of sulfonamides is 1. The SMILES string of the molecule is Cc1cccc(N(CC(=O)Nc2ccc(Cc3ccncc3)cc2)S(=O)(=O)c2ccccc2)c1. The van der Waals surface area contributed by atoms with E-state index in [-0.39, 0.29) is 11.4 Å². The summed E-state index contributed by atoms with van der Waals surface area (Å²) >= 11 is 0. The molecule has 0 saturated heterocycles. The second-order valence-corrected chi connectivity index (χ2v) is 9.80. The van der Waals surface area contributed by atoms with Gasteiger partial charge in [0.2, 0.25) is 5.91 Å². The minimum Gasteiger partial charge on any atom is -0.325 e. The molecule has 1 N–H and O–H groups in total. The van der Waals surface area contributed by atoms with E-state index in [0.29, 0.717) is 11.4 Å². The quantitative estimate of drug-likeness (QED) is 0.400. The first-order chi connectivity index (χ1) is 16.4. The molecule has 3 aromatic carbocycles. The van der Waals surface area contributed by atoms with E-state index in [1.165, 1.54) is 12.1 Å². The molecule has 6 nitrogen and oxygen atoms in total. The monoisotopic (exact) mass is 471 g/mol. The zero-order chi connectivity index (χ0) is 24.0. The van der Waals surface area contributed by atoms with Crippen molar-refractivity contribution in [1.29, 1.82) is 0 Å². The van der Waals surface area contributed by atoms with Crippen molar-refractivity contribution in [1.82, 2.24) is 4.98 Å². The molecule has 172 valence electrons. The van der Waals surface area contributed by atoms with Crippen LogP contribution in [0.25, 0.3) is 0 Å². The minimum atomic E-state index is -3.93. The number of amides is 1. The summed E-state index contributed by atoms with van der Waals surface area (Å²) in [7, 11) is -3.93. The van der Waals surface area contributed by atoms with E-state index in [4.69, 9.17) is 0 Å². The fraction of sp³-hybridized carbons (Fsp3) is 0.111. The van der Waals surface area contributed by atoms with Crippen LogP contribution in [0.15, 0.2) is 108 Å². The van der Waals surface area contributed by atoms with Crippen LogP contribution >= 0.6 is 0 Å². The van der Waals surface area contributed by atoms with Crippen molar-refractivity contribution < 1.29 is 13.2 Å². The molecule has 0 radical (unpaired) electrons. The third-order valence-electron chi connectivity index (χ3n) is 5.30. The molecular weight excluding hydrogens is 446 g/mol. The molecule has 0 fully saturated rings. The Morgan fingerprint density at radius 2 is 1.53 bits per heavy atom. The number of anilines is 2. The number of aromatic nitrogens is 1. The smallest absolute Gasteiger partial charge is 0.264 e. The Labute approximate surface area is 200 Å². The molecule has 0 bridgehead atoms. The Hall–Kier alpha value is -3.97. The Morgan fingerprint density at radius 1 is 0.853 bits per heavy atom. The fourth-order valence-corrected chi connectivity index (χ4v) is 5.02. The van der Waals surface area contributed by atoms with Crippen molar-refractivity contribution in [2.75, 3.05) is 16.2 Å². The number of nitrogens with one attached hydrogen (secondary N) is 1. The molecule has 0 saturated carbocycles. The predicted octanol–water partition coefficient (Wildman–Crippen LogP) is 4.81. The van der Waals surface area contributed by atoms with E-state index in [1.54, 1.807) is 48.8 Å². The maximum atomic E-state index is 13.4. The first-order valence-corrected chi connectivity index (χ1v) is 12.3. The highest BCUT2D eigenvalue weighted by molar-refractivity contribution is 7.92. The number of rotatable bonds is 8. The van der Waals surface area contributed by atoms with Crippen molar-refractivity contribution in [3.63, 3.8) is 0 Å². The van der Waals surface area contributed by atoms with Crippen LogP contribution in [0, 0.1) is 6.92 Å². The molecule has 4 aromatic rings. The summed E-state index contributed by atoms with van der Waals surface area (Å²) < 4.78 is 27.9. The van der Waals surface area contributed by atoms with E-state index >= 15 is 0 Å². The van der Waals surface area contributed by atoms with Crippen LogP contribution in [0.2, 0.25) is 0 Å². The lowest BCUT2D eigenvalue weighted by Crippen LogP contribution is -2.38. The summed E-state index contributed by atoms with van der Waals surface area (Å²) in [5.41, 5.74) is 4.18. The molecule has 7 heteroatoms. The summed E-state index contributed by atoms with van der Waals surface area (Å²) in [5, 5.41) is 2.82. The van der Waals surface area contributed by atoms with Crippen molar-refractivity contribution in [2.45, 2.75) is 18.2 Å². The van der Waals surface area contributed by atoms with Crippen LogP contribution in [0.1, 0.15) is 16.7 Å². The molecule has 0 atom stereocenters. The van der Waals surface area contributed by atoms with Gasteiger partial charge in [0.05, 0.1) is 10.6 Å². The second-order valence-electron chi connectivity index (χ2n) is 7.94. The van der Waals surface area contributed by atoms with Gasteiger partial charge in [-0.25, -0.2) is 8.42 Å². The molecule has 0 spiro atoms. The minimum absolute atomic E-state index is 0.129. The van der Waals surface area contributed by atoms with Crippen molar-refractivity contribution in [3.8, 4) is 0 Å². The number of aryl methyl sites for hydroxylation is 1. The van der Waals surface area contributed by atoms with Crippen LogP contribution in [0.3, 0.4) is 0 Å². The average molecular weight is 472 g/mol. The van der Waals surface area contributed by atoms with Gasteiger partial charge in [-0.3, -0.25) is 14.1 Å². The molecule has 0 aliphatic heterocycles. The van der Waals surface area contributed by atoms with Gasteiger partial charge in [0.25, 0.3) is 10.0 Å². The number of hydrogen-bond donors (Lipinski definition) is 1. The van der Waals surface area contributed by atoms with E-state index in [0.717, 1.165) is 27.4 Å². The number of benzene rings is 3. The molecular formula is C27H25N3O3S. The van der Waals surface area contributed by atoms with Crippen LogP contribution in [-0.2, 0) is 21.2 Å². The summed E-state index contributed by atoms with van der Waals surface area (Å²) in [5.74, 6) is -0.428. The highest BCUT2D eigenvalue weighted by Crippen LogP contribution is 2.24. The zero-order valence-electron chi connectivity index (χ0n) is 18.8. The van der Waals surface area contributed by atoms with Gasteiger partial charge in [0.15, 0.2) is 0 Å². The van der Waals surface area contributed by atoms with Gasteiger partial charge in [0, 0.05) is 18.1 Å². The molecule has 0 aliphatic carbocycles. The predicted molar refractivity (Wildman–Crippen MR) is 134 cm³/mol. The molecule has 34 heavy (non-hydrogen) atoms. The van der Waals surface area contributed by atoms with E-state index < -0.39 is 15.9 Å². The molecule has 1 heterocycles. The third kappa shape index (κ3) is 5.68. The number of hydrogen-bond acceptors (Lipinski definition) is 4. The number of pyridine rings is 1. The topological polar surface area (TPSA) is 79.4 Å². The largest absolute Gasteiger partial charge is 0.325 e. The lowest BCUT2D eigenvalue weighted by Gasteiger charge is -2.24. The molecule has 1 amide bonds. The number of carbonyl (C=O) groups is 1. The first kappa shape index (κ1) is 23.2. The first-order valence-electron chi connectivity index (χ1n) is 10.8. The van der Waals surface area contributed by atoms with Gasteiger partial charge in [-0.1, -0.05) is 42.5 Å². The van der Waals surface area contributed by atoms with Gasteiger partial charge >= 0.3 is 0 Å². The number of nitrogens with zero attached hydrogens (tertiary/aromatic N) is 2. The lowest BCUT2D eigenvalue weighted by molar-refractivity contribution is -0.114. The Kier molecular flexibility index (Phi) is 7.04. The van der Waals surface area contributed by atoms with E-state index in [9.17, 15) is 13.2 Å².